The number of aryl methyl sites for hydroxylation is 2. The molecule has 0 aliphatic heterocycles. The molecule has 0 radical (unpaired) electrons. The maximum atomic E-state index is 6.88. The monoisotopic (exact) mass is 504 g/mol. The fourth-order valence-corrected chi connectivity index (χ4v) is 13.5. The van der Waals surface area contributed by atoms with Crippen molar-refractivity contribution in [3.8, 4) is 22.5 Å². The van der Waals surface area contributed by atoms with Gasteiger partial charge in [-0.3, -0.25) is 0 Å². The van der Waals surface area contributed by atoms with Gasteiger partial charge in [0.15, 0.2) is 16.6 Å². The molecule has 4 aromatic rings. The first kappa shape index (κ1) is 25.2. The predicted octanol–water partition coefficient (Wildman–Crippen LogP) is 6.11. The molecular formula is C26H36N6OSi2. The van der Waals surface area contributed by atoms with E-state index in [0.29, 0.717) is 0 Å². The van der Waals surface area contributed by atoms with Gasteiger partial charge >= 0.3 is 0 Å². The van der Waals surface area contributed by atoms with Crippen molar-refractivity contribution >= 4 is 16.6 Å². The van der Waals surface area contributed by atoms with Crippen LogP contribution in [0.25, 0.3) is 22.5 Å². The van der Waals surface area contributed by atoms with Crippen LogP contribution in [0.5, 0.6) is 0 Å². The Labute approximate surface area is 210 Å². The van der Waals surface area contributed by atoms with Crippen LogP contribution < -0.4 is 0 Å². The fourth-order valence-electron chi connectivity index (χ4n) is 4.67. The second-order valence-corrected chi connectivity index (χ2v) is 19.1. The van der Waals surface area contributed by atoms with E-state index in [2.05, 4.69) is 95.3 Å². The second-order valence-electron chi connectivity index (χ2n) is 10.2. The summed E-state index contributed by atoms with van der Waals surface area (Å²) in [6.07, 6.45) is 5.80. The molecule has 4 rings (SSSR count). The third-order valence-corrected chi connectivity index (χ3v) is 13.8. The second kappa shape index (κ2) is 11.2. The zero-order valence-corrected chi connectivity index (χ0v) is 23.3. The van der Waals surface area contributed by atoms with E-state index in [1.807, 2.05) is 33.9 Å². The summed E-state index contributed by atoms with van der Waals surface area (Å²) in [5.74, 6) is 0. The Bertz CT molecular complexity index is 1100. The molecule has 0 unspecified atom stereocenters. The number of rotatable bonds is 12. The Morgan fingerprint density at radius 3 is 1.43 bits per heavy atom. The van der Waals surface area contributed by atoms with Gasteiger partial charge in [0, 0.05) is 24.2 Å². The van der Waals surface area contributed by atoms with Crippen LogP contribution >= 0.6 is 0 Å². The molecule has 0 bridgehead atoms. The summed E-state index contributed by atoms with van der Waals surface area (Å²) in [4.78, 5) is 0. The standard InChI is InChI=1S/C26H36N6OSi2/c1-34(2,19-11-17-31-25(21-27-29-31)23-13-7-5-8-14-23)33-35(3,4)20-12-18-32-26(22-28-30-32)24-15-9-6-10-16-24/h5-10,13-16,21-22H,11-12,17-20H2,1-4H3. The van der Waals surface area contributed by atoms with Gasteiger partial charge in [0.2, 0.25) is 0 Å². The quantitative estimate of drug-likeness (QED) is 0.218. The van der Waals surface area contributed by atoms with Crippen molar-refractivity contribution in [1.82, 2.24) is 30.0 Å². The molecule has 2 aromatic carbocycles. The fraction of sp³-hybridized carbons (Fsp3) is 0.385. The van der Waals surface area contributed by atoms with Crippen LogP contribution in [0.2, 0.25) is 38.3 Å². The third kappa shape index (κ3) is 7.06. The number of aromatic nitrogens is 6. The lowest BCUT2D eigenvalue weighted by Gasteiger charge is -2.34. The molecule has 9 heteroatoms. The van der Waals surface area contributed by atoms with E-state index in [1.54, 1.807) is 0 Å². The van der Waals surface area contributed by atoms with Gasteiger partial charge in [0.05, 0.1) is 23.8 Å². The van der Waals surface area contributed by atoms with Crippen molar-refractivity contribution in [2.45, 2.75) is 64.2 Å². The molecule has 35 heavy (non-hydrogen) atoms. The van der Waals surface area contributed by atoms with E-state index in [0.717, 1.165) is 60.5 Å². The van der Waals surface area contributed by atoms with Crippen molar-refractivity contribution in [2.24, 2.45) is 0 Å². The Balaban J connectivity index is 1.26. The Morgan fingerprint density at radius 2 is 1.03 bits per heavy atom. The van der Waals surface area contributed by atoms with Crippen molar-refractivity contribution in [2.75, 3.05) is 0 Å². The molecule has 2 aromatic heterocycles. The van der Waals surface area contributed by atoms with Crippen LogP contribution in [-0.4, -0.2) is 46.6 Å². The first-order valence-corrected chi connectivity index (χ1v) is 18.6. The highest BCUT2D eigenvalue weighted by Gasteiger charge is 2.32. The number of hydrogen-bond donors (Lipinski definition) is 0. The summed E-state index contributed by atoms with van der Waals surface area (Å²) < 4.78 is 10.9. The molecule has 0 aliphatic rings. The van der Waals surface area contributed by atoms with E-state index in [-0.39, 0.29) is 0 Å². The van der Waals surface area contributed by atoms with Gasteiger partial charge in [-0.05, 0) is 51.1 Å². The normalized spacial score (nSPS) is 12.2. The molecule has 0 saturated carbocycles. The summed E-state index contributed by atoms with van der Waals surface area (Å²) in [6, 6.07) is 22.9. The minimum absolute atomic E-state index is 0.862. The Morgan fingerprint density at radius 1 is 0.629 bits per heavy atom. The Kier molecular flexibility index (Phi) is 8.09. The van der Waals surface area contributed by atoms with E-state index >= 15 is 0 Å². The van der Waals surface area contributed by atoms with Crippen molar-refractivity contribution in [1.29, 1.82) is 0 Å². The minimum Gasteiger partial charge on any atom is -0.455 e. The van der Waals surface area contributed by atoms with E-state index < -0.39 is 16.6 Å². The minimum atomic E-state index is -1.78. The molecule has 0 atom stereocenters. The highest BCUT2D eigenvalue weighted by Crippen LogP contribution is 2.26. The van der Waals surface area contributed by atoms with Crippen LogP contribution in [0.4, 0.5) is 0 Å². The highest BCUT2D eigenvalue weighted by molar-refractivity contribution is 6.84. The van der Waals surface area contributed by atoms with Gasteiger partial charge in [0.25, 0.3) is 0 Å². The van der Waals surface area contributed by atoms with E-state index in [1.165, 1.54) is 0 Å². The zero-order chi connectivity index (χ0) is 24.7. The van der Waals surface area contributed by atoms with Crippen LogP contribution in [0.15, 0.2) is 73.1 Å². The van der Waals surface area contributed by atoms with Crippen molar-refractivity contribution < 1.29 is 4.12 Å². The summed E-state index contributed by atoms with van der Waals surface area (Å²) >= 11 is 0. The third-order valence-electron chi connectivity index (χ3n) is 6.22. The molecule has 0 spiro atoms. The summed E-state index contributed by atoms with van der Waals surface area (Å²) in [6.45, 7) is 11.1. The van der Waals surface area contributed by atoms with Gasteiger partial charge in [-0.25, -0.2) is 9.36 Å². The first-order valence-electron chi connectivity index (χ1n) is 12.4. The molecule has 7 nitrogen and oxygen atoms in total. The molecule has 2 heterocycles. The van der Waals surface area contributed by atoms with E-state index in [9.17, 15) is 0 Å². The average molecular weight is 505 g/mol. The lowest BCUT2D eigenvalue weighted by atomic mass is 10.2. The molecule has 0 N–H and O–H groups in total. The average Bonchev–Trinajstić information content (AvgIpc) is 3.49. The van der Waals surface area contributed by atoms with Gasteiger partial charge in [-0.1, -0.05) is 71.1 Å². The van der Waals surface area contributed by atoms with Crippen LogP contribution in [0.3, 0.4) is 0 Å². The lowest BCUT2D eigenvalue weighted by Crippen LogP contribution is -2.44. The molecular weight excluding hydrogens is 468 g/mol. The maximum Gasteiger partial charge on any atom is 0.173 e. The van der Waals surface area contributed by atoms with Crippen LogP contribution in [-0.2, 0) is 17.2 Å². The number of benzene rings is 2. The van der Waals surface area contributed by atoms with Crippen LogP contribution in [0.1, 0.15) is 12.8 Å². The number of hydrogen-bond acceptors (Lipinski definition) is 5. The molecule has 0 fully saturated rings. The highest BCUT2D eigenvalue weighted by atomic mass is 28.4. The van der Waals surface area contributed by atoms with Gasteiger partial charge < -0.3 is 4.12 Å². The first-order chi connectivity index (χ1) is 16.8. The molecule has 184 valence electrons. The number of nitrogens with zero attached hydrogens (tertiary/aromatic N) is 6. The maximum absolute atomic E-state index is 6.88. The Hall–Kier alpha value is -2.89. The van der Waals surface area contributed by atoms with Gasteiger partial charge in [0.1, 0.15) is 0 Å². The smallest absolute Gasteiger partial charge is 0.173 e. The summed E-state index contributed by atoms with van der Waals surface area (Å²) in [7, 11) is -3.57. The molecule has 0 aliphatic carbocycles. The lowest BCUT2D eigenvalue weighted by molar-refractivity contribution is 0.506. The van der Waals surface area contributed by atoms with Gasteiger partial charge in [-0.2, -0.15) is 0 Å². The topological polar surface area (TPSA) is 70.7 Å². The SMILES string of the molecule is C[Si](C)(CCCn1nncc1-c1ccccc1)O[Si](C)(C)CCCn1nncc1-c1ccccc1. The van der Waals surface area contributed by atoms with Gasteiger partial charge in [-0.15, -0.1) is 10.2 Å². The zero-order valence-electron chi connectivity index (χ0n) is 21.3. The van der Waals surface area contributed by atoms with E-state index in [4.69, 9.17) is 4.12 Å². The summed E-state index contributed by atoms with van der Waals surface area (Å²) in [5, 5.41) is 16.9. The predicted molar refractivity (Wildman–Crippen MR) is 146 cm³/mol. The largest absolute Gasteiger partial charge is 0.455 e. The van der Waals surface area contributed by atoms with Crippen LogP contribution in [0, 0.1) is 0 Å². The molecule has 0 amide bonds. The summed E-state index contributed by atoms with van der Waals surface area (Å²) in [5.41, 5.74) is 4.45. The van der Waals surface area contributed by atoms with Crippen molar-refractivity contribution in [3.05, 3.63) is 73.1 Å². The van der Waals surface area contributed by atoms with Crippen molar-refractivity contribution in [3.63, 3.8) is 0 Å². The molecule has 0 saturated heterocycles.